The van der Waals surface area contributed by atoms with Crippen molar-refractivity contribution in [3.05, 3.63) is 47.5 Å². The first-order valence-corrected chi connectivity index (χ1v) is 7.44. The van der Waals surface area contributed by atoms with Gasteiger partial charge in [0.15, 0.2) is 5.82 Å². The summed E-state index contributed by atoms with van der Waals surface area (Å²) >= 11 is 0. The van der Waals surface area contributed by atoms with E-state index < -0.39 is 0 Å². The van der Waals surface area contributed by atoms with Crippen LogP contribution in [-0.2, 0) is 6.54 Å². The van der Waals surface area contributed by atoms with Gasteiger partial charge in [0.25, 0.3) is 0 Å². The van der Waals surface area contributed by atoms with Crippen molar-refractivity contribution < 1.29 is 0 Å². The SMILES string of the molecule is CC(C)c1n[nH]c([C@@H]2CCCN2Cc2ccccc2)n1. The number of hydrogen-bond acceptors (Lipinski definition) is 3. The van der Waals surface area contributed by atoms with Gasteiger partial charge in [-0.25, -0.2) is 4.98 Å². The van der Waals surface area contributed by atoms with Gasteiger partial charge in [-0.15, -0.1) is 0 Å². The number of hydrogen-bond donors (Lipinski definition) is 1. The molecule has 1 N–H and O–H groups in total. The second-order valence-electron chi connectivity index (χ2n) is 5.85. The topological polar surface area (TPSA) is 44.8 Å². The Kier molecular flexibility index (Phi) is 3.83. The lowest BCUT2D eigenvalue weighted by Gasteiger charge is -2.22. The molecular formula is C16H22N4. The molecule has 106 valence electrons. The summed E-state index contributed by atoms with van der Waals surface area (Å²) < 4.78 is 0. The summed E-state index contributed by atoms with van der Waals surface area (Å²) in [6.07, 6.45) is 2.40. The molecule has 2 aromatic rings. The molecule has 0 amide bonds. The lowest BCUT2D eigenvalue weighted by atomic mass is 10.1. The van der Waals surface area contributed by atoms with Gasteiger partial charge in [0, 0.05) is 12.5 Å². The van der Waals surface area contributed by atoms with Gasteiger partial charge < -0.3 is 0 Å². The third kappa shape index (κ3) is 2.75. The molecule has 0 saturated carbocycles. The molecule has 1 aliphatic heterocycles. The number of aromatic amines is 1. The standard InChI is InChI=1S/C16H22N4/c1-12(2)15-17-16(19-18-15)14-9-6-10-20(14)11-13-7-4-3-5-8-13/h3-5,7-8,12,14H,6,9-11H2,1-2H3,(H,17,18,19)/t14-/m0/s1. The Morgan fingerprint density at radius 2 is 2.10 bits per heavy atom. The van der Waals surface area contributed by atoms with Crippen molar-refractivity contribution in [2.45, 2.75) is 45.2 Å². The van der Waals surface area contributed by atoms with E-state index >= 15 is 0 Å². The lowest BCUT2D eigenvalue weighted by Crippen LogP contribution is -2.23. The number of nitrogens with one attached hydrogen (secondary N) is 1. The zero-order chi connectivity index (χ0) is 13.9. The van der Waals surface area contributed by atoms with Crippen LogP contribution in [0.5, 0.6) is 0 Å². The van der Waals surface area contributed by atoms with Crippen molar-refractivity contribution in [3.63, 3.8) is 0 Å². The Morgan fingerprint density at radius 3 is 2.80 bits per heavy atom. The van der Waals surface area contributed by atoms with Gasteiger partial charge in [-0.05, 0) is 24.9 Å². The normalized spacial score (nSPS) is 19.9. The Hall–Kier alpha value is -1.68. The van der Waals surface area contributed by atoms with Crippen LogP contribution in [-0.4, -0.2) is 26.6 Å². The summed E-state index contributed by atoms with van der Waals surface area (Å²) in [6.45, 7) is 6.38. The summed E-state index contributed by atoms with van der Waals surface area (Å²) in [5.41, 5.74) is 1.36. The number of H-pyrrole nitrogens is 1. The zero-order valence-electron chi connectivity index (χ0n) is 12.2. The first-order chi connectivity index (χ1) is 9.74. The van der Waals surface area contributed by atoms with Crippen LogP contribution in [0, 0.1) is 0 Å². The van der Waals surface area contributed by atoms with Crippen LogP contribution in [0.15, 0.2) is 30.3 Å². The minimum atomic E-state index is 0.379. The number of nitrogens with zero attached hydrogens (tertiary/aromatic N) is 3. The largest absolute Gasteiger partial charge is 0.289 e. The monoisotopic (exact) mass is 270 g/mol. The van der Waals surface area contributed by atoms with E-state index in [2.05, 4.69) is 64.3 Å². The van der Waals surface area contributed by atoms with Gasteiger partial charge >= 0.3 is 0 Å². The molecule has 0 radical (unpaired) electrons. The highest BCUT2D eigenvalue weighted by Gasteiger charge is 2.28. The van der Waals surface area contributed by atoms with Crippen LogP contribution in [0.25, 0.3) is 0 Å². The average Bonchev–Trinajstić information content (AvgIpc) is 3.08. The van der Waals surface area contributed by atoms with E-state index in [-0.39, 0.29) is 0 Å². The maximum Gasteiger partial charge on any atom is 0.153 e. The Balaban J connectivity index is 1.74. The van der Waals surface area contributed by atoms with Crippen molar-refractivity contribution in [2.24, 2.45) is 0 Å². The minimum absolute atomic E-state index is 0.379. The van der Waals surface area contributed by atoms with Gasteiger partial charge in [0.05, 0.1) is 6.04 Å². The van der Waals surface area contributed by atoms with Gasteiger partial charge in [-0.1, -0.05) is 44.2 Å². The highest BCUT2D eigenvalue weighted by atomic mass is 15.3. The maximum atomic E-state index is 4.68. The fourth-order valence-corrected chi connectivity index (χ4v) is 2.84. The van der Waals surface area contributed by atoms with Crippen molar-refractivity contribution in [1.29, 1.82) is 0 Å². The van der Waals surface area contributed by atoms with Gasteiger partial charge in [-0.2, -0.15) is 5.10 Å². The van der Waals surface area contributed by atoms with E-state index in [0.717, 1.165) is 24.7 Å². The van der Waals surface area contributed by atoms with E-state index in [1.54, 1.807) is 0 Å². The third-order valence-corrected chi connectivity index (χ3v) is 3.94. The Morgan fingerprint density at radius 1 is 1.30 bits per heavy atom. The fourth-order valence-electron chi connectivity index (χ4n) is 2.84. The van der Waals surface area contributed by atoms with Gasteiger partial charge in [0.2, 0.25) is 0 Å². The molecule has 1 fully saturated rings. The Labute approximate surface area is 120 Å². The highest BCUT2D eigenvalue weighted by molar-refractivity contribution is 5.15. The summed E-state index contributed by atoms with van der Waals surface area (Å²) in [4.78, 5) is 7.18. The summed E-state index contributed by atoms with van der Waals surface area (Å²) in [6, 6.07) is 11.0. The average molecular weight is 270 g/mol. The molecule has 1 atom stereocenters. The molecule has 4 nitrogen and oxygen atoms in total. The smallest absolute Gasteiger partial charge is 0.153 e. The van der Waals surface area contributed by atoms with E-state index in [4.69, 9.17) is 0 Å². The molecule has 3 rings (SSSR count). The summed E-state index contributed by atoms with van der Waals surface area (Å²) in [7, 11) is 0. The first-order valence-electron chi connectivity index (χ1n) is 7.44. The number of benzene rings is 1. The second-order valence-corrected chi connectivity index (χ2v) is 5.85. The van der Waals surface area contributed by atoms with Gasteiger partial charge in [0.1, 0.15) is 5.82 Å². The second kappa shape index (κ2) is 5.75. The van der Waals surface area contributed by atoms with E-state index in [9.17, 15) is 0 Å². The van der Waals surface area contributed by atoms with Crippen LogP contribution in [0.1, 0.15) is 55.9 Å². The van der Waals surface area contributed by atoms with Crippen LogP contribution >= 0.6 is 0 Å². The minimum Gasteiger partial charge on any atom is -0.289 e. The molecule has 1 aromatic carbocycles. The van der Waals surface area contributed by atoms with Crippen LogP contribution < -0.4 is 0 Å². The molecule has 4 heteroatoms. The zero-order valence-corrected chi connectivity index (χ0v) is 12.2. The molecule has 0 bridgehead atoms. The predicted octanol–water partition coefficient (Wildman–Crippen LogP) is 3.27. The fraction of sp³-hybridized carbons (Fsp3) is 0.500. The first kappa shape index (κ1) is 13.3. The van der Waals surface area contributed by atoms with Crippen LogP contribution in [0.4, 0.5) is 0 Å². The summed E-state index contributed by atoms with van der Waals surface area (Å²) in [5.74, 6) is 2.33. The number of likely N-dealkylation sites (tertiary alicyclic amines) is 1. The molecule has 0 unspecified atom stereocenters. The number of aromatic nitrogens is 3. The Bertz CT molecular complexity index is 547. The van der Waals surface area contributed by atoms with E-state index in [0.29, 0.717) is 12.0 Å². The van der Waals surface area contributed by atoms with Crippen molar-refractivity contribution in [3.8, 4) is 0 Å². The molecule has 1 aromatic heterocycles. The molecule has 0 spiro atoms. The van der Waals surface area contributed by atoms with Crippen LogP contribution in [0.2, 0.25) is 0 Å². The quantitative estimate of drug-likeness (QED) is 0.927. The van der Waals surface area contributed by atoms with Crippen molar-refractivity contribution >= 4 is 0 Å². The highest BCUT2D eigenvalue weighted by Crippen LogP contribution is 2.31. The third-order valence-electron chi connectivity index (χ3n) is 3.94. The van der Waals surface area contributed by atoms with Crippen molar-refractivity contribution in [1.82, 2.24) is 20.1 Å². The maximum absolute atomic E-state index is 4.68. The molecule has 1 aliphatic rings. The van der Waals surface area contributed by atoms with E-state index in [1.807, 2.05) is 0 Å². The van der Waals surface area contributed by atoms with E-state index in [1.165, 1.54) is 18.4 Å². The molecule has 0 aliphatic carbocycles. The molecule has 1 saturated heterocycles. The summed E-state index contributed by atoms with van der Waals surface area (Å²) in [5, 5.41) is 7.48. The molecular weight excluding hydrogens is 248 g/mol. The van der Waals surface area contributed by atoms with Crippen LogP contribution in [0.3, 0.4) is 0 Å². The molecule has 2 heterocycles. The van der Waals surface area contributed by atoms with Crippen molar-refractivity contribution in [2.75, 3.05) is 6.54 Å². The lowest BCUT2D eigenvalue weighted by molar-refractivity contribution is 0.240. The van der Waals surface area contributed by atoms with Gasteiger partial charge in [-0.3, -0.25) is 10.00 Å². The molecule has 20 heavy (non-hydrogen) atoms. The number of rotatable bonds is 4. The predicted molar refractivity (Wildman–Crippen MR) is 79.3 cm³/mol.